The van der Waals surface area contributed by atoms with Crippen LogP contribution in [-0.4, -0.2) is 49.3 Å². The van der Waals surface area contributed by atoms with Crippen LogP contribution in [-0.2, 0) is 32.7 Å². The molecule has 0 aromatic carbocycles. The Morgan fingerprint density at radius 3 is 0.465 bits per heavy atom. The Bertz CT molecular complexity index is 728. The van der Waals surface area contributed by atoms with E-state index in [1.54, 1.807) is 0 Å². The molecular formula is C32H56N8O2Ti. The van der Waals surface area contributed by atoms with E-state index in [1.165, 1.54) is 103 Å². The zero-order valence-electron chi connectivity index (χ0n) is 25.9. The number of fused-ring (bicyclic) bond motifs is 20. The Morgan fingerprint density at radius 1 is 0.233 bits per heavy atom. The molecule has 5 heterocycles. The van der Waals surface area contributed by atoms with Crippen molar-refractivity contribution in [3.05, 3.63) is 0 Å². The fourth-order valence-electron chi connectivity index (χ4n) is 12.0. The molecule has 0 radical (unpaired) electrons. The van der Waals surface area contributed by atoms with Crippen LogP contribution in [0.15, 0.2) is 0 Å². The van der Waals surface area contributed by atoms with Gasteiger partial charge in [-0.3, -0.25) is 42.5 Å². The van der Waals surface area contributed by atoms with Gasteiger partial charge in [-0.15, -0.1) is 0 Å². The number of rotatable bonds is 0. The molecule has 11 heteroatoms. The van der Waals surface area contributed by atoms with Gasteiger partial charge >= 0.3 is 21.7 Å². The molecule has 4 saturated carbocycles. The monoisotopic (exact) mass is 632 g/mol. The first kappa shape index (κ1) is 33.2. The second-order valence-electron chi connectivity index (χ2n) is 15.6. The summed E-state index contributed by atoms with van der Waals surface area (Å²) in [5, 5.41) is 33.8. The van der Waals surface area contributed by atoms with Crippen LogP contribution >= 0.6 is 0 Å². The summed E-state index contributed by atoms with van der Waals surface area (Å²) >= 11 is 0. The third-order valence-corrected chi connectivity index (χ3v) is 13.8. The number of hydrogen-bond donors (Lipinski definition) is 8. The van der Waals surface area contributed by atoms with Crippen LogP contribution in [0.25, 0.3) is 0 Å². The molecule has 0 aromatic heterocycles. The SMILES string of the molecule is C1CCC2C3NC(NC4NC(NC5NC(NC6NC(N3)C3CCCCC63)C3CCCCC53)C3CCCCC43)C2C1.[O-2].[O-2].[Ti+4]. The second-order valence-corrected chi connectivity index (χ2v) is 15.6. The molecule has 240 valence electrons. The molecule has 5 aliphatic heterocycles. The van der Waals surface area contributed by atoms with Gasteiger partial charge in [0.1, 0.15) is 0 Å². The molecule has 43 heavy (non-hydrogen) atoms. The van der Waals surface area contributed by atoms with Crippen molar-refractivity contribution in [2.24, 2.45) is 47.3 Å². The summed E-state index contributed by atoms with van der Waals surface area (Å²) in [6, 6.07) is 0. The molecule has 0 spiro atoms. The van der Waals surface area contributed by atoms with Crippen molar-refractivity contribution in [2.75, 3.05) is 0 Å². The van der Waals surface area contributed by atoms with Crippen LogP contribution in [0.2, 0.25) is 0 Å². The summed E-state index contributed by atoms with van der Waals surface area (Å²) < 4.78 is 0. The largest absolute Gasteiger partial charge is 4.00 e. The van der Waals surface area contributed by atoms with Crippen LogP contribution in [0, 0.1) is 47.3 Å². The van der Waals surface area contributed by atoms with E-state index < -0.39 is 0 Å². The molecule has 9 rings (SSSR count). The number of hydrogen-bond acceptors (Lipinski definition) is 8. The van der Waals surface area contributed by atoms with E-state index in [2.05, 4.69) is 42.5 Å². The molecule has 9 aliphatic rings. The van der Waals surface area contributed by atoms with Crippen LogP contribution in [0.3, 0.4) is 0 Å². The summed E-state index contributed by atoms with van der Waals surface area (Å²) in [7, 11) is 0. The Morgan fingerprint density at radius 2 is 0.349 bits per heavy atom. The molecule has 8 bridgehead atoms. The van der Waals surface area contributed by atoms with Gasteiger partial charge in [0, 0.05) is 0 Å². The maximum absolute atomic E-state index is 4.26. The van der Waals surface area contributed by atoms with E-state index >= 15 is 0 Å². The van der Waals surface area contributed by atoms with Gasteiger partial charge in [0.25, 0.3) is 0 Å². The maximum atomic E-state index is 4.26. The van der Waals surface area contributed by atoms with Gasteiger partial charge in [0.2, 0.25) is 0 Å². The third kappa shape index (κ3) is 5.86. The van der Waals surface area contributed by atoms with Gasteiger partial charge in [-0.25, -0.2) is 0 Å². The Balaban J connectivity index is 0.00000110. The zero-order chi connectivity index (χ0) is 26.2. The van der Waals surface area contributed by atoms with Crippen LogP contribution in [0.1, 0.15) is 103 Å². The summed E-state index contributed by atoms with van der Waals surface area (Å²) in [5.41, 5.74) is 0. The van der Waals surface area contributed by atoms with Crippen molar-refractivity contribution in [2.45, 2.75) is 152 Å². The van der Waals surface area contributed by atoms with Gasteiger partial charge < -0.3 is 11.0 Å². The average molecular weight is 633 g/mol. The van der Waals surface area contributed by atoms with E-state index in [-0.39, 0.29) is 32.7 Å². The van der Waals surface area contributed by atoms with Crippen molar-refractivity contribution in [1.82, 2.24) is 42.5 Å². The molecule has 5 saturated heterocycles. The predicted octanol–water partition coefficient (Wildman–Crippen LogP) is 2.37. The van der Waals surface area contributed by atoms with Crippen LogP contribution in [0.4, 0.5) is 0 Å². The van der Waals surface area contributed by atoms with Crippen molar-refractivity contribution in [3.63, 3.8) is 0 Å². The Hall–Kier alpha value is 0.314. The van der Waals surface area contributed by atoms with Gasteiger partial charge in [-0.2, -0.15) is 0 Å². The smallest absolute Gasteiger partial charge is 2.00 e. The normalized spacial score (nSPS) is 53.6. The van der Waals surface area contributed by atoms with Crippen molar-refractivity contribution in [3.8, 4) is 0 Å². The number of nitrogens with one attached hydrogen (secondary N) is 8. The first-order chi connectivity index (χ1) is 19.8. The standard InChI is InChI=1S/C32H56N8.2O.Ti/c1-2-10-18-17(9-1)25-33-26(18)38-28-21-13-5-6-14-22(21)30(35-28)40-32-24-16-8-7-15-23(24)31(36-32)39-29-20-12-4-3-11-19(20)27(34-29)37-25;;;/h17-40H,1-16H2;;;/q;2*-2;+4. The molecule has 8 atom stereocenters. The van der Waals surface area contributed by atoms with Crippen molar-refractivity contribution < 1.29 is 32.7 Å². The molecule has 9 fully saturated rings. The van der Waals surface area contributed by atoms with Gasteiger partial charge in [-0.1, -0.05) is 51.4 Å². The maximum Gasteiger partial charge on any atom is 4.00 e. The van der Waals surface area contributed by atoms with Gasteiger partial charge in [0.15, 0.2) is 0 Å². The van der Waals surface area contributed by atoms with Crippen LogP contribution < -0.4 is 42.5 Å². The van der Waals surface area contributed by atoms with Gasteiger partial charge in [-0.05, 0) is 98.7 Å². The predicted molar refractivity (Wildman–Crippen MR) is 159 cm³/mol. The third-order valence-electron chi connectivity index (χ3n) is 13.8. The first-order valence-corrected chi connectivity index (χ1v) is 17.9. The first-order valence-electron chi connectivity index (χ1n) is 17.9. The molecule has 8 unspecified atom stereocenters. The summed E-state index contributed by atoms with van der Waals surface area (Å²) in [6.45, 7) is 0. The van der Waals surface area contributed by atoms with E-state index in [4.69, 9.17) is 0 Å². The van der Waals surface area contributed by atoms with Crippen molar-refractivity contribution in [1.29, 1.82) is 0 Å². The molecule has 10 nitrogen and oxygen atoms in total. The minimum absolute atomic E-state index is 0. The fourth-order valence-corrected chi connectivity index (χ4v) is 12.0. The Kier molecular flexibility index (Phi) is 10.7. The average Bonchev–Trinajstić information content (AvgIpc) is 3.73. The fraction of sp³-hybridized carbons (Fsp3) is 1.00. The minimum atomic E-state index is 0. The zero-order valence-corrected chi connectivity index (χ0v) is 27.4. The second kappa shape index (κ2) is 13.8. The molecule has 4 aliphatic carbocycles. The molecule has 0 amide bonds. The molecule has 0 aromatic rings. The van der Waals surface area contributed by atoms with Crippen molar-refractivity contribution >= 4 is 0 Å². The van der Waals surface area contributed by atoms with Crippen LogP contribution in [0.5, 0.6) is 0 Å². The summed E-state index contributed by atoms with van der Waals surface area (Å²) in [4.78, 5) is 0. The van der Waals surface area contributed by atoms with E-state index in [9.17, 15) is 0 Å². The minimum Gasteiger partial charge on any atom is -2.00 e. The van der Waals surface area contributed by atoms with Gasteiger partial charge in [0.05, 0.1) is 49.3 Å². The van der Waals surface area contributed by atoms with E-state index in [1.807, 2.05) is 0 Å². The van der Waals surface area contributed by atoms with E-state index in [0.29, 0.717) is 49.3 Å². The topological polar surface area (TPSA) is 153 Å². The summed E-state index contributed by atoms with van der Waals surface area (Å²) in [5.74, 6) is 5.97. The Labute approximate surface area is 273 Å². The molecular weight excluding hydrogens is 576 g/mol. The van der Waals surface area contributed by atoms with E-state index in [0.717, 1.165) is 47.3 Å². The quantitative estimate of drug-likeness (QED) is 0.190. The molecule has 8 N–H and O–H groups in total. The summed E-state index contributed by atoms with van der Waals surface area (Å²) in [6.07, 6.45) is 25.6.